The molecule has 0 radical (unpaired) electrons. The second kappa shape index (κ2) is 9.95. The number of hydrogen-bond donors (Lipinski definition) is 2. The molecule has 9 nitrogen and oxygen atoms in total. The number of aromatic amines is 1. The molecule has 0 saturated carbocycles. The fourth-order valence-electron chi connectivity index (χ4n) is 3.64. The van der Waals surface area contributed by atoms with Gasteiger partial charge in [-0.1, -0.05) is 24.3 Å². The number of rotatable bonds is 8. The maximum Gasteiger partial charge on any atom is 0.256 e. The highest BCUT2D eigenvalue weighted by atomic mass is 16.5. The van der Waals surface area contributed by atoms with Crippen molar-refractivity contribution in [2.75, 3.05) is 17.3 Å². The molecule has 5 rings (SSSR count). The lowest BCUT2D eigenvalue weighted by molar-refractivity contribution is 0.250. The van der Waals surface area contributed by atoms with Gasteiger partial charge in [0.2, 0.25) is 5.88 Å². The average Bonchev–Trinajstić information content (AvgIpc) is 3.39. The van der Waals surface area contributed by atoms with E-state index in [0.717, 1.165) is 35.4 Å². The molecule has 2 N–H and O–H groups in total. The van der Waals surface area contributed by atoms with Crippen LogP contribution in [0, 0.1) is 0 Å². The molecule has 9 heteroatoms. The molecule has 1 aliphatic carbocycles. The zero-order chi connectivity index (χ0) is 23.2. The zero-order valence-corrected chi connectivity index (χ0v) is 18.6. The van der Waals surface area contributed by atoms with E-state index in [9.17, 15) is 0 Å². The summed E-state index contributed by atoms with van der Waals surface area (Å²) in [4.78, 5) is 11.1. The van der Waals surface area contributed by atoms with E-state index in [1.165, 1.54) is 18.8 Å². The van der Waals surface area contributed by atoms with Crippen LogP contribution in [0.3, 0.4) is 0 Å². The number of anilines is 2. The lowest BCUT2D eigenvalue weighted by atomic mass is 10.1. The van der Waals surface area contributed by atoms with E-state index in [1.54, 1.807) is 13.3 Å². The lowest BCUT2D eigenvalue weighted by Gasteiger charge is -2.26. The van der Waals surface area contributed by atoms with Gasteiger partial charge in [0.25, 0.3) is 5.95 Å². The Balaban J connectivity index is 1.40. The minimum atomic E-state index is 0.451. The molecule has 0 spiro atoms. The van der Waals surface area contributed by atoms with E-state index in [2.05, 4.69) is 26.6 Å². The Bertz CT molecular complexity index is 1260. The van der Waals surface area contributed by atoms with Crippen molar-refractivity contribution >= 4 is 11.8 Å². The number of H-pyrrole nitrogens is 1. The van der Waals surface area contributed by atoms with E-state index < -0.39 is 0 Å². The van der Waals surface area contributed by atoms with Crippen LogP contribution in [-0.4, -0.2) is 27.3 Å². The van der Waals surface area contributed by atoms with Gasteiger partial charge in [-0.05, 0) is 48.7 Å². The predicted octanol–water partition coefficient (Wildman–Crippen LogP) is 4.84. The summed E-state index contributed by atoms with van der Waals surface area (Å²) in [5.74, 6) is 3.05. The summed E-state index contributed by atoms with van der Waals surface area (Å²) in [5.41, 5.74) is 2.91. The first-order chi connectivity index (χ1) is 16.8. The highest BCUT2D eigenvalue weighted by Gasteiger charge is 2.25. The van der Waals surface area contributed by atoms with Crippen LogP contribution < -0.4 is 15.0 Å². The largest absolute Gasteiger partial charge is 0.497 e. The van der Waals surface area contributed by atoms with Crippen LogP contribution in [0.15, 0.2) is 91.2 Å². The predicted molar refractivity (Wildman–Crippen MR) is 128 cm³/mol. The average molecular weight is 457 g/mol. The second-order valence-electron chi connectivity index (χ2n) is 7.53. The van der Waals surface area contributed by atoms with Crippen LogP contribution in [-0.2, 0) is 16.0 Å². The van der Waals surface area contributed by atoms with Crippen LogP contribution in [0.1, 0.15) is 18.4 Å². The van der Waals surface area contributed by atoms with E-state index in [1.807, 2.05) is 53.5 Å². The Labute approximate surface area is 197 Å². The van der Waals surface area contributed by atoms with E-state index in [0.29, 0.717) is 30.0 Å². The van der Waals surface area contributed by atoms with Crippen molar-refractivity contribution in [3.8, 4) is 17.1 Å². The summed E-state index contributed by atoms with van der Waals surface area (Å²) in [7, 11) is 1.66. The molecule has 0 fully saturated rings. The van der Waals surface area contributed by atoms with E-state index >= 15 is 0 Å². The van der Waals surface area contributed by atoms with Gasteiger partial charge in [0, 0.05) is 18.4 Å². The molecule has 0 amide bonds. The molecule has 3 heterocycles. The molecule has 1 aromatic carbocycles. The first kappa shape index (κ1) is 21.3. The van der Waals surface area contributed by atoms with Gasteiger partial charge in [0.05, 0.1) is 12.7 Å². The molecule has 34 heavy (non-hydrogen) atoms. The third-order valence-electron chi connectivity index (χ3n) is 5.35. The third kappa shape index (κ3) is 4.63. The van der Waals surface area contributed by atoms with Crippen molar-refractivity contribution in [2.45, 2.75) is 19.4 Å². The number of hydrogen-bond acceptors (Lipinski definition) is 8. The maximum absolute atomic E-state index is 5.68. The van der Waals surface area contributed by atoms with Crippen LogP contribution in [0.5, 0.6) is 5.75 Å². The van der Waals surface area contributed by atoms with Crippen molar-refractivity contribution in [3.05, 3.63) is 96.8 Å². The molecular formula is C25H24N6O3. The highest BCUT2D eigenvalue weighted by Crippen LogP contribution is 2.30. The van der Waals surface area contributed by atoms with E-state index in [-0.39, 0.29) is 0 Å². The molecule has 0 atom stereocenters. The monoisotopic (exact) mass is 456 g/mol. The van der Waals surface area contributed by atoms with Gasteiger partial charge in [-0.2, -0.15) is 4.98 Å². The van der Waals surface area contributed by atoms with E-state index in [4.69, 9.17) is 19.2 Å². The van der Waals surface area contributed by atoms with Gasteiger partial charge in [0.1, 0.15) is 24.1 Å². The molecule has 0 bridgehead atoms. The van der Waals surface area contributed by atoms with Gasteiger partial charge < -0.3 is 19.5 Å². The fourth-order valence-corrected chi connectivity index (χ4v) is 3.64. The highest BCUT2D eigenvalue weighted by molar-refractivity contribution is 5.70. The summed E-state index contributed by atoms with van der Waals surface area (Å²) >= 11 is 0. The number of benzene rings is 1. The molecular weight excluding hydrogens is 432 g/mol. The Morgan fingerprint density at radius 3 is 2.85 bits per heavy atom. The number of pyridine rings is 1. The van der Waals surface area contributed by atoms with Crippen molar-refractivity contribution in [3.63, 3.8) is 0 Å². The zero-order valence-electron chi connectivity index (χ0n) is 18.6. The fraction of sp³-hybridized carbons (Fsp3) is 0.160. The van der Waals surface area contributed by atoms with Crippen LogP contribution in [0.25, 0.3) is 11.4 Å². The standard InChI is InChI=1S/C25H24N6O3/c1-32-20-11-9-18(10-12-20)16-27-23-21(8-5-13-26-23)24-28-25(30-29-24)31(19-6-3-2-4-7-19)22-17-33-14-15-34-22/h2-3,5-6,8-15,17H,4,7,16H2,1H3,(H,26,27)(H,28,29,30). The minimum Gasteiger partial charge on any atom is -0.497 e. The van der Waals surface area contributed by atoms with Crippen LogP contribution in [0.2, 0.25) is 0 Å². The third-order valence-corrected chi connectivity index (χ3v) is 5.35. The number of nitrogens with zero attached hydrogens (tertiary/aromatic N) is 4. The normalized spacial score (nSPS) is 14.5. The topological polar surface area (TPSA) is 97.4 Å². The number of nitrogens with one attached hydrogen (secondary N) is 2. The quantitative estimate of drug-likeness (QED) is 0.497. The Morgan fingerprint density at radius 1 is 1.18 bits per heavy atom. The van der Waals surface area contributed by atoms with Crippen molar-refractivity contribution in [1.82, 2.24) is 20.2 Å². The van der Waals surface area contributed by atoms with Gasteiger partial charge in [-0.3, -0.25) is 5.10 Å². The smallest absolute Gasteiger partial charge is 0.256 e. The molecule has 2 aliphatic rings. The summed E-state index contributed by atoms with van der Waals surface area (Å²) in [6.07, 6.45) is 14.1. The summed E-state index contributed by atoms with van der Waals surface area (Å²) < 4.78 is 16.2. The number of methoxy groups -OCH3 is 1. The molecule has 1 aliphatic heterocycles. The molecule has 172 valence electrons. The summed E-state index contributed by atoms with van der Waals surface area (Å²) in [6, 6.07) is 11.7. The summed E-state index contributed by atoms with van der Waals surface area (Å²) in [6.45, 7) is 0.602. The first-order valence-electron chi connectivity index (χ1n) is 10.9. The van der Waals surface area contributed by atoms with Gasteiger partial charge in [-0.25, -0.2) is 9.88 Å². The molecule has 0 saturated heterocycles. The number of allylic oxidation sites excluding steroid dienone is 4. The second-order valence-corrected chi connectivity index (χ2v) is 7.53. The molecule has 3 aromatic rings. The number of ether oxygens (including phenoxy) is 3. The van der Waals surface area contributed by atoms with Gasteiger partial charge in [0.15, 0.2) is 12.1 Å². The SMILES string of the molecule is COc1ccc(CNc2ncccc2-c2nc(N(C3=CC=CCC3)C3=COC=CO3)n[nH]2)cc1. The van der Waals surface area contributed by atoms with Crippen molar-refractivity contribution in [1.29, 1.82) is 0 Å². The lowest BCUT2D eigenvalue weighted by Crippen LogP contribution is -2.25. The first-order valence-corrected chi connectivity index (χ1v) is 10.9. The Morgan fingerprint density at radius 2 is 2.09 bits per heavy atom. The van der Waals surface area contributed by atoms with Crippen molar-refractivity contribution < 1.29 is 14.2 Å². The Kier molecular flexibility index (Phi) is 6.24. The van der Waals surface area contributed by atoms with Crippen LogP contribution >= 0.6 is 0 Å². The van der Waals surface area contributed by atoms with Crippen LogP contribution in [0.4, 0.5) is 11.8 Å². The van der Waals surface area contributed by atoms with Gasteiger partial charge in [-0.15, -0.1) is 5.10 Å². The maximum atomic E-state index is 5.68. The van der Waals surface area contributed by atoms with Gasteiger partial charge >= 0.3 is 0 Å². The molecule has 0 unspecified atom stereocenters. The number of aromatic nitrogens is 4. The Hall–Kier alpha value is -4.53. The van der Waals surface area contributed by atoms with Crippen molar-refractivity contribution in [2.24, 2.45) is 0 Å². The summed E-state index contributed by atoms with van der Waals surface area (Å²) in [5, 5.41) is 10.9. The molecule has 2 aromatic heterocycles. The minimum absolute atomic E-state index is 0.451.